The average molecular weight is 209 g/mol. The molecule has 0 aliphatic heterocycles. The molecule has 1 aromatic carbocycles. The highest BCUT2D eigenvalue weighted by Crippen LogP contribution is 2.45. The van der Waals surface area contributed by atoms with E-state index in [0.29, 0.717) is 17.7 Å². The van der Waals surface area contributed by atoms with Gasteiger partial charge in [0, 0.05) is 12.0 Å². The lowest BCUT2D eigenvalue weighted by molar-refractivity contribution is 0.243. The van der Waals surface area contributed by atoms with Gasteiger partial charge in [0.25, 0.3) is 0 Å². The minimum atomic E-state index is -0.240. The number of hydrogen-bond acceptors (Lipinski definition) is 2. The van der Waals surface area contributed by atoms with Crippen LogP contribution in [0.2, 0.25) is 0 Å². The number of phenolic OH excluding ortho intramolecular Hbond substituents is 1. The van der Waals surface area contributed by atoms with Crippen molar-refractivity contribution in [3.63, 3.8) is 0 Å². The fraction of sp³-hybridized carbons (Fsp3) is 0.500. The molecule has 2 rings (SSSR count). The molecule has 15 heavy (non-hydrogen) atoms. The molecule has 1 aliphatic rings. The van der Waals surface area contributed by atoms with Crippen molar-refractivity contribution in [1.29, 1.82) is 0 Å². The van der Waals surface area contributed by atoms with Crippen LogP contribution in [0.25, 0.3) is 0 Å². The van der Waals surface area contributed by atoms with Crippen LogP contribution in [0.5, 0.6) is 5.75 Å². The van der Waals surface area contributed by atoms with Gasteiger partial charge in [-0.25, -0.2) is 4.39 Å². The number of aryl methyl sites for hydroxylation is 1. The summed E-state index contributed by atoms with van der Waals surface area (Å²) >= 11 is 0. The van der Waals surface area contributed by atoms with Crippen molar-refractivity contribution in [2.45, 2.75) is 31.6 Å². The third-order valence-corrected chi connectivity index (χ3v) is 3.56. The Balaban J connectivity index is 2.47. The molecule has 0 heterocycles. The summed E-state index contributed by atoms with van der Waals surface area (Å²) in [6.45, 7) is 2.14. The van der Waals surface area contributed by atoms with Gasteiger partial charge in [0.15, 0.2) is 0 Å². The normalized spacial score (nSPS) is 18.6. The van der Waals surface area contributed by atoms with E-state index in [4.69, 9.17) is 5.73 Å². The maximum absolute atomic E-state index is 13.8. The lowest BCUT2D eigenvalue weighted by Crippen LogP contribution is -2.42. The first-order valence-corrected chi connectivity index (χ1v) is 5.29. The monoisotopic (exact) mass is 209 g/mol. The molecule has 0 aromatic heterocycles. The van der Waals surface area contributed by atoms with E-state index in [1.165, 1.54) is 12.1 Å². The molecule has 0 amide bonds. The molecular weight excluding hydrogens is 193 g/mol. The smallest absolute Gasteiger partial charge is 0.127 e. The quantitative estimate of drug-likeness (QED) is 0.784. The molecule has 2 nitrogen and oxygen atoms in total. The SMILES string of the molecule is Cc1cc(F)c(C2(CN)CCC2)cc1O. The lowest BCUT2D eigenvalue weighted by atomic mass is 9.64. The third-order valence-electron chi connectivity index (χ3n) is 3.56. The molecule has 0 unspecified atom stereocenters. The molecule has 1 fully saturated rings. The van der Waals surface area contributed by atoms with Gasteiger partial charge in [0.2, 0.25) is 0 Å². The van der Waals surface area contributed by atoms with Gasteiger partial charge in [-0.2, -0.15) is 0 Å². The molecule has 0 atom stereocenters. The highest BCUT2D eigenvalue weighted by molar-refractivity contribution is 5.41. The molecule has 0 radical (unpaired) electrons. The molecule has 1 aromatic rings. The summed E-state index contributed by atoms with van der Waals surface area (Å²) in [7, 11) is 0. The summed E-state index contributed by atoms with van der Waals surface area (Å²) in [6.07, 6.45) is 2.93. The first-order chi connectivity index (χ1) is 7.09. The van der Waals surface area contributed by atoms with Crippen molar-refractivity contribution in [2.75, 3.05) is 6.54 Å². The largest absolute Gasteiger partial charge is 0.508 e. The number of phenols is 1. The third kappa shape index (κ3) is 1.51. The highest BCUT2D eigenvalue weighted by Gasteiger charge is 2.39. The molecule has 3 heteroatoms. The van der Waals surface area contributed by atoms with Crippen LogP contribution < -0.4 is 5.73 Å². The standard InChI is InChI=1S/C12H16FNO/c1-8-5-10(13)9(6-11(8)15)12(7-14)3-2-4-12/h5-6,15H,2-4,7,14H2,1H3. The van der Waals surface area contributed by atoms with Crippen LogP contribution in [0.3, 0.4) is 0 Å². The molecule has 0 spiro atoms. The van der Waals surface area contributed by atoms with Crippen LogP contribution in [0.4, 0.5) is 4.39 Å². The number of nitrogens with two attached hydrogens (primary N) is 1. The first-order valence-electron chi connectivity index (χ1n) is 5.29. The van der Waals surface area contributed by atoms with Crippen LogP contribution >= 0.6 is 0 Å². The van der Waals surface area contributed by atoms with Gasteiger partial charge < -0.3 is 10.8 Å². The van der Waals surface area contributed by atoms with E-state index in [1.54, 1.807) is 6.92 Å². The van der Waals surface area contributed by atoms with Gasteiger partial charge >= 0.3 is 0 Å². The van der Waals surface area contributed by atoms with Crippen LogP contribution in [0, 0.1) is 12.7 Å². The van der Waals surface area contributed by atoms with E-state index >= 15 is 0 Å². The number of rotatable bonds is 2. The predicted octanol–water partition coefficient (Wildman–Crippen LogP) is 2.22. The average Bonchev–Trinajstić information content (AvgIpc) is 2.12. The molecule has 0 saturated heterocycles. The Morgan fingerprint density at radius 1 is 1.47 bits per heavy atom. The Hall–Kier alpha value is -1.09. The second-order valence-electron chi connectivity index (χ2n) is 4.46. The number of aromatic hydroxyl groups is 1. The van der Waals surface area contributed by atoms with Gasteiger partial charge in [0.1, 0.15) is 11.6 Å². The second-order valence-corrected chi connectivity index (χ2v) is 4.46. The molecule has 0 bridgehead atoms. The second kappa shape index (κ2) is 3.49. The van der Waals surface area contributed by atoms with Crippen molar-refractivity contribution >= 4 is 0 Å². The van der Waals surface area contributed by atoms with E-state index < -0.39 is 0 Å². The van der Waals surface area contributed by atoms with Crippen molar-refractivity contribution in [3.8, 4) is 5.75 Å². The van der Waals surface area contributed by atoms with Gasteiger partial charge in [0.05, 0.1) is 0 Å². The number of benzene rings is 1. The zero-order chi connectivity index (χ0) is 11.1. The Morgan fingerprint density at radius 2 is 2.13 bits per heavy atom. The van der Waals surface area contributed by atoms with Gasteiger partial charge in [-0.3, -0.25) is 0 Å². The Kier molecular flexibility index (Phi) is 2.43. The van der Waals surface area contributed by atoms with E-state index in [0.717, 1.165) is 19.3 Å². The number of halogens is 1. The highest BCUT2D eigenvalue weighted by atomic mass is 19.1. The van der Waals surface area contributed by atoms with Crippen molar-refractivity contribution in [2.24, 2.45) is 5.73 Å². The molecular formula is C12H16FNO. The van der Waals surface area contributed by atoms with E-state index in [1.807, 2.05) is 0 Å². The summed E-state index contributed by atoms with van der Waals surface area (Å²) in [6, 6.07) is 2.93. The summed E-state index contributed by atoms with van der Waals surface area (Å²) in [5, 5.41) is 9.60. The molecule has 82 valence electrons. The van der Waals surface area contributed by atoms with Crippen molar-refractivity contribution < 1.29 is 9.50 Å². The van der Waals surface area contributed by atoms with Crippen LogP contribution in [0.15, 0.2) is 12.1 Å². The maximum atomic E-state index is 13.8. The maximum Gasteiger partial charge on any atom is 0.127 e. The fourth-order valence-electron chi connectivity index (χ4n) is 2.25. The van der Waals surface area contributed by atoms with E-state index in [9.17, 15) is 9.50 Å². The van der Waals surface area contributed by atoms with Crippen LogP contribution in [-0.4, -0.2) is 11.7 Å². The molecule has 3 N–H and O–H groups in total. The topological polar surface area (TPSA) is 46.2 Å². The lowest BCUT2D eigenvalue weighted by Gasteiger charge is -2.41. The van der Waals surface area contributed by atoms with E-state index in [2.05, 4.69) is 0 Å². The Morgan fingerprint density at radius 3 is 2.60 bits per heavy atom. The zero-order valence-corrected chi connectivity index (χ0v) is 8.89. The number of hydrogen-bond donors (Lipinski definition) is 2. The van der Waals surface area contributed by atoms with E-state index in [-0.39, 0.29) is 17.0 Å². The Bertz CT molecular complexity index is 380. The summed E-state index contributed by atoms with van der Waals surface area (Å²) in [5.74, 6) is -0.0819. The minimum absolute atomic E-state index is 0.158. The summed E-state index contributed by atoms with van der Waals surface area (Å²) in [4.78, 5) is 0. The summed E-state index contributed by atoms with van der Waals surface area (Å²) in [5.41, 5.74) is 6.64. The van der Waals surface area contributed by atoms with Crippen molar-refractivity contribution in [3.05, 3.63) is 29.1 Å². The minimum Gasteiger partial charge on any atom is -0.508 e. The Labute approximate surface area is 88.9 Å². The molecule has 1 saturated carbocycles. The van der Waals surface area contributed by atoms with Gasteiger partial charge in [-0.1, -0.05) is 6.42 Å². The predicted molar refractivity (Wildman–Crippen MR) is 57.4 cm³/mol. The van der Waals surface area contributed by atoms with Crippen LogP contribution in [-0.2, 0) is 5.41 Å². The molecule has 1 aliphatic carbocycles. The fourth-order valence-corrected chi connectivity index (χ4v) is 2.25. The zero-order valence-electron chi connectivity index (χ0n) is 8.89. The summed E-state index contributed by atoms with van der Waals surface area (Å²) < 4.78 is 13.8. The van der Waals surface area contributed by atoms with Crippen molar-refractivity contribution in [1.82, 2.24) is 0 Å². The van der Waals surface area contributed by atoms with Crippen LogP contribution in [0.1, 0.15) is 30.4 Å². The van der Waals surface area contributed by atoms with Gasteiger partial charge in [-0.05, 0) is 43.0 Å². The first kappa shape index (κ1) is 10.4. The van der Waals surface area contributed by atoms with Gasteiger partial charge in [-0.15, -0.1) is 0 Å².